The Bertz CT molecular complexity index is 556. The minimum Gasteiger partial charge on any atom is -0.357 e. The molecule has 0 radical (unpaired) electrons. The van der Waals surface area contributed by atoms with Gasteiger partial charge in [-0.05, 0) is 12.1 Å². The van der Waals surface area contributed by atoms with Crippen LogP contribution in [0.1, 0.15) is 0 Å². The van der Waals surface area contributed by atoms with Gasteiger partial charge in [0, 0.05) is 31.2 Å². The summed E-state index contributed by atoms with van der Waals surface area (Å²) >= 11 is 3.45. The Morgan fingerprint density at radius 2 is 1.94 bits per heavy atom. The standard InChI is InChI=1S/C12H14BrN5/c1-14-11-15-10(16-12(17-11)18(2)3)8-5-4-6-9(13)7-8/h4-7H,1-3H3,(H,14,15,16,17). The summed E-state index contributed by atoms with van der Waals surface area (Å²) < 4.78 is 0.998. The molecule has 94 valence electrons. The van der Waals surface area contributed by atoms with E-state index in [4.69, 9.17) is 0 Å². The maximum absolute atomic E-state index is 4.44. The Labute approximate surface area is 114 Å². The highest BCUT2D eigenvalue weighted by Gasteiger charge is 2.09. The summed E-state index contributed by atoms with van der Waals surface area (Å²) in [4.78, 5) is 14.9. The fourth-order valence-electron chi connectivity index (χ4n) is 1.43. The number of aromatic nitrogens is 3. The average molecular weight is 308 g/mol. The minimum absolute atomic E-state index is 0.559. The fourth-order valence-corrected chi connectivity index (χ4v) is 1.83. The van der Waals surface area contributed by atoms with Gasteiger partial charge in [0.05, 0.1) is 0 Å². The maximum Gasteiger partial charge on any atom is 0.230 e. The van der Waals surface area contributed by atoms with Crippen LogP contribution in [0.3, 0.4) is 0 Å². The number of hydrogen-bond acceptors (Lipinski definition) is 5. The molecule has 0 saturated carbocycles. The van der Waals surface area contributed by atoms with Gasteiger partial charge in [-0.1, -0.05) is 28.1 Å². The van der Waals surface area contributed by atoms with E-state index in [1.54, 1.807) is 7.05 Å². The van der Waals surface area contributed by atoms with E-state index in [-0.39, 0.29) is 0 Å². The molecule has 0 aliphatic carbocycles. The number of nitrogens with zero attached hydrogens (tertiary/aromatic N) is 4. The molecule has 0 spiro atoms. The highest BCUT2D eigenvalue weighted by Crippen LogP contribution is 2.22. The molecule has 0 bridgehead atoms. The molecule has 2 aromatic rings. The third-order valence-corrected chi connectivity index (χ3v) is 2.82. The molecule has 0 saturated heterocycles. The lowest BCUT2D eigenvalue weighted by Crippen LogP contribution is -2.15. The monoisotopic (exact) mass is 307 g/mol. The predicted molar refractivity (Wildman–Crippen MR) is 76.8 cm³/mol. The summed E-state index contributed by atoms with van der Waals surface area (Å²) in [5.74, 6) is 1.84. The molecular weight excluding hydrogens is 294 g/mol. The van der Waals surface area contributed by atoms with E-state index in [2.05, 4.69) is 36.2 Å². The van der Waals surface area contributed by atoms with E-state index in [0.717, 1.165) is 10.0 Å². The number of anilines is 2. The predicted octanol–water partition coefficient (Wildman–Crippen LogP) is 2.41. The molecule has 0 atom stereocenters. The number of hydrogen-bond donors (Lipinski definition) is 1. The smallest absolute Gasteiger partial charge is 0.230 e. The van der Waals surface area contributed by atoms with E-state index in [1.807, 2.05) is 43.3 Å². The third kappa shape index (κ3) is 2.76. The fraction of sp³-hybridized carbons (Fsp3) is 0.250. The molecule has 1 N–H and O–H groups in total. The van der Waals surface area contributed by atoms with Crippen LogP contribution >= 0.6 is 15.9 Å². The SMILES string of the molecule is CNc1nc(-c2cccc(Br)c2)nc(N(C)C)n1. The molecule has 2 rings (SSSR count). The molecule has 0 amide bonds. The van der Waals surface area contributed by atoms with E-state index in [0.29, 0.717) is 17.7 Å². The lowest BCUT2D eigenvalue weighted by molar-refractivity contribution is 0.963. The van der Waals surface area contributed by atoms with Crippen molar-refractivity contribution in [3.8, 4) is 11.4 Å². The Kier molecular flexibility index (Phi) is 3.76. The van der Waals surface area contributed by atoms with Gasteiger partial charge in [-0.2, -0.15) is 15.0 Å². The van der Waals surface area contributed by atoms with E-state index in [9.17, 15) is 0 Å². The van der Waals surface area contributed by atoms with Gasteiger partial charge in [0.2, 0.25) is 11.9 Å². The first-order chi connectivity index (χ1) is 8.60. The van der Waals surface area contributed by atoms with Crippen LogP contribution in [0.25, 0.3) is 11.4 Å². The zero-order valence-corrected chi connectivity index (χ0v) is 12.1. The first kappa shape index (κ1) is 12.8. The highest BCUT2D eigenvalue weighted by atomic mass is 79.9. The number of nitrogens with one attached hydrogen (secondary N) is 1. The second kappa shape index (κ2) is 5.30. The van der Waals surface area contributed by atoms with Crippen molar-refractivity contribution in [2.24, 2.45) is 0 Å². The summed E-state index contributed by atoms with van der Waals surface area (Å²) in [6, 6.07) is 7.88. The molecule has 5 nitrogen and oxygen atoms in total. The van der Waals surface area contributed by atoms with Crippen LogP contribution in [0, 0.1) is 0 Å². The van der Waals surface area contributed by atoms with Gasteiger partial charge >= 0.3 is 0 Å². The van der Waals surface area contributed by atoms with Gasteiger partial charge in [-0.15, -0.1) is 0 Å². The topological polar surface area (TPSA) is 53.9 Å². The summed E-state index contributed by atoms with van der Waals surface area (Å²) in [6.07, 6.45) is 0. The third-order valence-electron chi connectivity index (χ3n) is 2.33. The van der Waals surface area contributed by atoms with Crippen molar-refractivity contribution in [3.05, 3.63) is 28.7 Å². The molecule has 6 heteroatoms. The molecule has 0 aliphatic rings. The van der Waals surface area contributed by atoms with E-state index >= 15 is 0 Å². The molecular formula is C12H14BrN5. The largest absolute Gasteiger partial charge is 0.357 e. The second-order valence-electron chi connectivity index (χ2n) is 3.94. The van der Waals surface area contributed by atoms with Crippen molar-refractivity contribution in [2.45, 2.75) is 0 Å². The minimum atomic E-state index is 0.559. The molecule has 1 heterocycles. The first-order valence-electron chi connectivity index (χ1n) is 5.47. The lowest BCUT2D eigenvalue weighted by Gasteiger charge is -2.12. The van der Waals surface area contributed by atoms with Crippen LogP contribution in [-0.2, 0) is 0 Å². The quantitative estimate of drug-likeness (QED) is 0.943. The van der Waals surface area contributed by atoms with Crippen molar-refractivity contribution in [2.75, 3.05) is 31.4 Å². The molecule has 0 unspecified atom stereocenters. The van der Waals surface area contributed by atoms with Crippen molar-refractivity contribution in [1.29, 1.82) is 0 Å². The maximum atomic E-state index is 4.44. The Morgan fingerprint density at radius 3 is 2.56 bits per heavy atom. The zero-order chi connectivity index (χ0) is 13.1. The van der Waals surface area contributed by atoms with Crippen LogP contribution in [0.4, 0.5) is 11.9 Å². The molecule has 0 aliphatic heterocycles. The lowest BCUT2D eigenvalue weighted by atomic mass is 10.2. The van der Waals surface area contributed by atoms with Gasteiger partial charge in [-0.25, -0.2) is 0 Å². The Morgan fingerprint density at radius 1 is 1.17 bits per heavy atom. The second-order valence-corrected chi connectivity index (χ2v) is 4.85. The number of halogens is 1. The molecule has 18 heavy (non-hydrogen) atoms. The van der Waals surface area contributed by atoms with Crippen LogP contribution in [0.5, 0.6) is 0 Å². The van der Waals surface area contributed by atoms with Crippen LogP contribution in [0.2, 0.25) is 0 Å². The van der Waals surface area contributed by atoms with E-state index in [1.165, 1.54) is 0 Å². The summed E-state index contributed by atoms with van der Waals surface area (Å²) in [7, 11) is 5.60. The zero-order valence-electron chi connectivity index (χ0n) is 10.5. The van der Waals surface area contributed by atoms with Gasteiger partial charge in [0.15, 0.2) is 5.82 Å². The first-order valence-corrected chi connectivity index (χ1v) is 6.26. The van der Waals surface area contributed by atoms with Crippen molar-refractivity contribution >= 4 is 27.8 Å². The summed E-state index contributed by atoms with van der Waals surface area (Å²) in [6.45, 7) is 0. The van der Waals surface area contributed by atoms with Crippen LogP contribution in [-0.4, -0.2) is 36.1 Å². The van der Waals surface area contributed by atoms with Crippen molar-refractivity contribution in [3.63, 3.8) is 0 Å². The van der Waals surface area contributed by atoms with Crippen molar-refractivity contribution in [1.82, 2.24) is 15.0 Å². The normalized spacial score (nSPS) is 10.2. The number of rotatable bonds is 3. The van der Waals surface area contributed by atoms with Crippen LogP contribution in [0.15, 0.2) is 28.7 Å². The van der Waals surface area contributed by atoms with Crippen LogP contribution < -0.4 is 10.2 Å². The summed E-state index contributed by atoms with van der Waals surface area (Å²) in [5, 5.41) is 2.95. The molecule has 0 fully saturated rings. The average Bonchev–Trinajstić information content (AvgIpc) is 2.38. The van der Waals surface area contributed by atoms with Gasteiger partial charge in [0.25, 0.3) is 0 Å². The summed E-state index contributed by atoms with van der Waals surface area (Å²) in [5.41, 5.74) is 0.950. The van der Waals surface area contributed by atoms with Gasteiger partial charge in [0.1, 0.15) is 0 Å². The Hall–Kier alpha value is -1.69. The Balaban J connectivity index is 2.53. The molecule has 1 aromatic carbocycles. The molecule has 1 aromatic heterocycles. The van der Waals surface area contributed by atoms with Gasteiger partial charge in [-0.3, -0.25) is 0 Å². The van der Waals surface area contributed by atoms with Crippen molar-refractivity contribution < 1.29 is 0 Å². The highest BCUT2D eigenvalue weighted by molar-refractivity contribution is 9.10. The van der Waals surface area contributed by atoms with Gasteiger partial charge < -0.3 is 10.2 Å². The number of benzene rings is 1. The van der Waals surface area contributed by atoms with E-state index < -0.39 is 0 Å².